The molecule has 1 atom stereocenters. The van der Waals surface area contributed by atoms with Crippen LogP contribution in [0.15, 0.2) is 46.9 Å². The van der Waals surface area contributed by atoms with Gasteiger partial charge in [-0.3, -0.25) is 0 Å². The van der Waals surface area contributed by atoms with Crippen LogP contribution in [0.3, 0.4) is 0 Å². The normalized spacial score (nSPS) is 17.8. The van der Waals surface area contributed by atoms with Crippen molar-refractivity contribution in [2.75, 3.05) is 0 Å². The molecule has 1 aliphatic rings. The first-order chi connectivity index (χ1) is 8.74. The zero-order chi connectivity index (χ0) is 12.5. The van der Waals surface area contributed by atoms with E-state index < -0.39 is 0 Å². The summed E-state index contributed by atoms with van der Waals surface area (Å²) in [5, 5.41) is 3.50. The number of benzene rings is 2. The maximum atomic E-state index is 13.1. The molecule has 1 N–H and O–H groups in total. The maximum Gasteiger partial charge on any atom is 0.124 e. The predicted molar refractivity (Wildman–Crippen MR) is 73.8 cm³/mol. The topological polar surface area (TPSA) is 12.0 Å². The lowest BCUT2D eigenvalue weighted by Crippen LogP contribution is -2.14. The third kappa shape index (κ3) is 2.20. The molecule has 3 heteroatoms. The van der Waals surface area contributed by atoms with E-state index in [4.69, 9.17) is 0 Å². The first-order valence-electron chi connectivity index (χ1n) is 5.99. The van der Waals surface area contributed by atoms with Crippen molar-refractivity contribution < 1.29 is 4.39 Å². The molecule has 1 nitrogen and oxygen atoms in total. The van der Waals surface area contributed by atoms with Gasteiger partial charge in [-0.2, -0.15) is 0 Å². The maximum absolute atomic E-state index is 13.1. The van der Waals surface area contributed by atoms with Crippen LogP contribution >= 0.6 is 15.9 Å². The Morgan fingerprint density at radius 3 is 2.89 bits per heavy atom. The summed E-state index contributed by atoms with van der Waals surface area (Å²) in [6.45, 7) is 0.916. The molecule has 2 aromatic carbocycles. The third-order valence-corrected chi connectivity index (χ3v) is 4.15. The van der Waals surface area contributed by atoms with Crippen LogP contribution in [0, 0.1) is 5.82 Å². The van der Waals surface area contributed by atoms with Gasteiger partial charge < -0.3 is 5.32 Å². The van der Waals surface area contributed by atoms with E-state index in [0.717, 1.165) is 23.0 Å². The first kappa shape index (κ1) is 11.9. The second-order valence-electron chi connectivity index (χ2n) is 4.57. The summed E-state index contributed by atoms with van der Waals surface area (Å²) in [6.07, 6.45) is 0.873. The van der Waals surface area contributed by atoms with E-state index in [1.165, 1.54) is 23.3 Å². The predicted octanol–water partition coefficient (Wildman–Crippen LogP) is 3.98. The molecule has 0 radical (unpaired) electrons. The van der Waals surface area contributed by atoms with Crippen LogP contribution in [0.1, 0.15) is 22.7 Å². The number of hydrogen-bond acceptors (Lipinski definition) is 1. The highest BCUT2D eigenvalue weighted by atomic mass is 79.9. The fraction of sp³-hybridized carbons (Fsp3) is 0.200. The Hall–Kier alpha value is -1.19. The van der Waals surface area contributed by atoms with Crippen LogP contribution in [-0.4, -0.2) is 0 Å². The molecule has 0 saturated heterocycles. The molecule has 0 bridgehead atoms. The first-order valence-corrected chi connectivity index (χ1v) is 6.78. The number of nitrogens with one attached hydrogen (secondary N) is 1. The molecule has 1 heterocycles. The number of fused-ring (bicyclic) bond motifs is 1. The quantitative estimate of drug-likeness (QED) is 0.885. The van der Waals surface area contributed by atoms with E-state index in [-0.39, 0.29) is 5.82 Å². The molecule has 2 aromatic rings. The largest absolute Gasteiger partial charge is 0.306 e. The second kappa shape index (κ2) is 4.82. The Morgan fingerprint density at radius 1 is 1.22 bits per heavy atom. The van der Waals surface area contributed by atoms with Gasteiger partial charge in [-0.05, 0) is 35.2 Å². The zero-order valence-electron chi connectivity index (χ0n) is 9.79. The lowest BCUT2D eigenvalue weighted by Gasteiger charge is -2.13. The van der Waals surface area contributed by atoms with Crippen LogP contribution in [0.5, 0.6) is 0 Å². The molecule has 0 amide bonds. The molecule has 0 spiro atoms. The van der Waals surface area contributed by atoms with Crippen molar-refractivity contribution in [2.45, 2.75) is 19.0 Å². The summed E-state index contributed by atoms with van der Waals surface area (Å²) in [7, 11) is 0. The van der Waals surface area contributed by atoms with E-state index in [2.05, 4.69) is 45.5 Å². The van der Waals surface area contributed by atoms with Crippen molar-refractivity contribution in [3.63, 3.8) is 0 Å². The third-order valence-electron chi connectivity index (χ3n) is 3.41. The summed E-state index contributed by atoms with van der Waals surface area (Å²) in [5.41, 5.74) is 3.85. The van der Waals surface area contributed by atoms with Crippen molar-refractivity contribution >= 4 is 15.9 Å². The average molecular weight is 306 g/mol. The van der Waals surface area contributed by atoms with Crippen LogP contribution in [0.25, 0.3) is 0 Å². The van der Waals surface area contributed by atoms with Gasteiger partial charge in [-0.25, -0.2) is 4.39 Å². The van der Waals surface area contributed by atoms with Gasteiger partial charge in [-0.1, -0.05) is 46.3 Å². The van der Waals surface area contributed by atoms with E-state index in [0.29, 0.717) is 6.04 Å². The summed E-state index contributed by atoms with van der Waals surface area (Å²) in [4.78, 5) is 0. The van der Waals surface area contributed by atoms with E-state index in [1.54, 1.807) is 0 Å². The van der Waals surface area contributed by atoms with Crippen molar-refractivity contribution in [3.05, 3.63) is 69.4 Å². The highest BCUT2D eigenvalue weighted by Crippen LogP contribution is 2.30. The second-order valence-corrected chi connectivity index (χ2v) is 5.43. The highest BCUT2D eigenvalue weighted by molar-refractivity contribution is 9.10. The number of halogens is 2. The summed E-state index contributed by atoms with van der Waals surface area (Å²) >= 11 is 3.43. The van der Waals surface area contributed by atoms with E-state index in [9.17, 15) is 4.39 Å². The summed E-state index contributed by atoms with van der Waals surface area (Å²) < 4.78 is 13.9. The molecule has 92 valence electrons. The average Bonchev–Trinajstić information content (AvgIpc) is 2.76. The molecular formula is C15H13BrFN. The standard InChI is InChI=1S/C15H13BrFN/c16-14-8-12(17)6-5-10(14)7-15-13-4-2-1-3-11(13)9-18-15/h1-6,8,15,18H,7,9H2. The lowest BCUT2D eigenvalue weighted by atomic mass is 9.99. The van der Waals surface area contributed by atoms with Crippen molar-refractivity contribution in [2.24, 2.45) is 0 Å². The molecule has 0 aromatic heterocycles. The molecule has 1 unspecified atom stereocenters. The van der Waals surface area contributed by atoms with Crippen LogP contribution in [-0.2, 0) is 13.0 Å². The van der Waals surface area contributed by atoms with E-state index in [1.807, 2.05) is 6.07 Å². The molecule has 3 rings (SSSR count). The molecular weight excluding hydrogens is 293 g/mol. The Balaban J connectivity index is 1.86. The van der Waals surface area contributed by atoms with Gasteiger partial charge in [0.15, 0.2) is 0 Å². The van der Waals surface area contributed by atoms with Gasteiger partial charge in [0.2, 0.25) is 0 Å². The molecule has 0 fully saturated rings. The number of rotatable bonds is 2. The molecule has 1 aliphatic heterocycles. The van der Waals surface area contributed by atoms with Crippen molar-refractivity contribution in [1.29, 1.82) is 0 Å². The Labute approximate surface area is 114 Å². The highest BCUT2D eigenvalue weighted by Gasteiger charge is 2.21. The Kier molecular flexibility index (Phi) is 3.18. The van der Waals surface area contributed by atoms with Crippen LogP contribution in [0.4, 0.5) is 4.39 Å². The van der Waals surface area contributed by atoms with Gasteiger partial charge in [0.25, 0.3) is 0 Å². The monoisotopic (exact) mass is 305 g/mol. The molecule has 0 saturated carbocycles. The Bertz CT molecular complexity index is 582. The SMILES string of the molecule is Fc1ccc(CC2NCc3ccccc32)c(Br)c1. The minimum atomic E-state index is -0.203. The fourth-order valence-corrected chi connectivity index (χ4v) is 2.98. The summed E-state index contributed by atoms with van der Waals surface area (Å²) in [6, 6.07) is 13.7. The van der Waals surface area contributed by atoms with Gasteiger partial charge >= 0.3 is 0 Å². The minimum Gasteiger partial charge on any atom is -0.306 e. The summed E-state index contributed by atoms with van der Waals surface area (Å²) in [5.74, 6) is -0.203. The molecule has 18 heavy (non-hydrogen) atoms. The van der Waals surface area contributed by atoms with Crippen LogP contribution in [0.2, 0.25) is 0 Å². The zero-order valence-corrected chi connectivity index (χ0v) is 11.4. The van der Waals surface area contributed by atoms with Gasteiger partial charge in [0, 0.05) is 17.1 Å². The lowest BCUT2D eigenvalue weighted by molar-refractivity contribution is 0.577. The van der Waals surface area contributed by atoms with Gasteiger partial charge in [0.1, 0.15) is 5.82 Å². The fourth-order valence-electron chi connectivity index (χ4n) is 2.47. The van der Waals surface area contributed by atoms with Crippen molar-refractivity contribution in [3.8, 4) is 0 Å². The van der Waals surface area contributed by atoms with Gasteiger partial charge in [0.05, 0.1) is 0 Å². The smallest absolute Gasteiger partial charge is 0.124 e. The minimum absolute atomic E-state index is 0.203. The van der Waals surface area contributed by atoms with Crippen molar-refractivity contribution in [1.82, 2.24) is 5.32 Å². The molecule has 0 aliphatic carbocycles. The Morgan fingerprint density at radius 2 is 2.06 bits per heavy atom. The van der Waals surface area contributed by atoms with E-state index >= 15 is 0 Å². The number of hydrogen-bond donors (Lipinski definition) is 1. The van der Waals surface area contributed by atoms with Gasteiger partial charge in [-0.15, -0.1) is 0 Å². The van der Waals surface area contributed by atoms with Crippen LogP contribution < -0.4 is 5.32 Å².